The molecule has 0 aromatic carbocycles. The number of aliphatic hydroxyl groups is 1. The van der Waals surface area contributed by atoms with Crippen LogP contribution in [0.15, 0.2) is 28.2 Å². The van der Waals surface area contributed by atoms with Gasteiger partial charge in [0.15, 0.2) is 5.22 Å². The number of furan rings is 1. The van der Waals surface area contributed by atoms with E-state index in [0.29, 0.717) is 11.0 Å². The first-order valence-corrected chi connectivity index (χ1v) is 5.27. The summed E-state index contributed by atoms with van der Waals surface area (Å²) in [5.41, 5.74) is 1.06. The number of hydrogen-bond acceptors (Lipinski definition) is 2. The van der Waals surface area contributed by atoms with Crippen LogP contribution in [0.25, 0.3) is 0 Å². The van der Waals surface area contributed by atoms with Gasteiger partial charge in [-0.1, -0.05) is 6.08 Å². The third kappa shape index (κ3) is 2.02. The second-order valence-electron chi connectivity index (χ2n) is 3.57. The summed E-state index contributed by atoms with van der Waals surface area (Å²) in [6.07, 6.45) is 5.87. The van der Waals surface area contributed by atoms with Crippen molar-refractivity contribution in [1.29, 1.82) is 0 Å². The summed E-state index contributed by atoms with van der Waals surface area (Å²) in [5, 5.41) is 10.3. The van der Waals surface area contributed by atoms with Crippen LogP contribution in [0.5, 0.6) is 0 Å². The fraction of sp³-hybridized carbons (Fsp3) is 0.455. The van der Waals surface area contributed by atoms with Crippen LogP contribution in [0.4, 0.5) is 0 Å². The van der Waals surface area contributed by atoms with Gasteiger partial charge in [0.25, 0.3) is 0 Å². The van der Waals surface area contributed by atoms with Crippen LogP contribution >= 0.6 is 11.6 Å². The molecular weight excluding hydrogens is 200 g/mol. The molecule has 0 aliphatic heterocycles. The first kappa shape index (κ1) is 9.81. The van der Waals surface area contributed by atoms with Gasteiger partial charge in [0.1, 0.15) is 11.9 Å². The number of aliphatic hydroxyl groups excluding tert-OH is 1. The van der Waals surface area contributed by atoms with E-state index in [4.69, 9.17) is 16.0 Å². The molecule has 0 radical (unpaired) electrons. The first-order valence-electron chi connectivity index (χ1n) is 4.89. The Morgan fingerprint density at radius 1 is 1.36 bits per heavy atom. The maximum absolute atomic E-state index is 9.94. The van der Waals surface area contributed by atoms with E-state index in [0.717, 1.165) is 24.8 Å². The van der Waals surface area contributed by atoms with Crippen molar-refractivity contribution in [2.75, 3.05) is 0 Å². The quantitative estimate of drug-likeness (QED) is 0.762. The van der Waals surface area contributed by atoms with Gasteiger partial charge in [0, 0.05) is 0 Å². The molecule has 1 N–H and O–H groups in total. The van der Waals surface area contributed by atoms with E-state index in [9.17, 15) is 5.11 Å². The van der Waals surface area contributed by atoms with Gasteiger partial charge in [-0.3, -0.25) is 0 Å². The molecule has 3 heteroatoms. The van der Waals surface area contributed by atoms with Crippen molar-refractivity contribution in [1.82, 2.24) is 0 Å². The van der Waals surface area contributed by atoms with Gasteiger partial charge >= 0.3 is 0 Å². The van der Waals surface area contributed by atoms with Crippen LogP contribution in [0.2, 0.25) is 5.22 Å². The summed E-state index contributed by atoms with van der Waals surface area (Å²) < 4.78 is 5.17. The lowest BCUT2D eigenvalue weighted by Crippen LogP contribution is -2.03. The molecule has 2 nitrogen and oxygen atoms in total. The average molecular weight is 213 g/mol. The molecule has 0 fully saturated rings. The normalized spacial score (nSPS) is 19.1. The molecule has 0 amide bonds. The van der Waals surface area contributed by atoms with Crippen molar-refractivity contribution in [2.24, 2.45) is 0 Å². The van der Waals surface area contributed by atoms with Crippen molar-refractivity contribution in [3.05, 3.63) is 34.8 Å². The first-order chi connectivity index (χ1) is 6.77. The minimum absolute atomic E-state index is 0.329. The van der Waals surface area contributed by atoms with Crippen molar-refractivity contribution >= 4 is 11.6 Å². The maximum atomic E-state index is 9.94. The Bertz CT molecular complexity index is 341. The summed E-state index contributed by atoms with van der Waals surface area (Å²) in [5.74, 6) is 0.545. The van der Waals surface area contributed by atoms with E-state index in [2.05, 4.69) is 6.08 Å². The SMILES string of the molecule is OC(C1=CCCCC1)c1ccc(Cl)o1. The van der Waals surface area contributed by atoms with E-state index >= 15 is 0 Å². The molecule has 2 rings (SSSR count). The molecule has 0 spiro atoms. The van der Waals surface area contributed by atoms with Crippen LogP contribution in [-0.2, 0) is 0 Å². The largest absolute Gasteiger partial charge is 0.447 e. The van der Waals surface area contributed by atoms with Crippen molar-refractivity contribution in [2.45, 2.75) is 31.8 Å². The lowest BCUT2D eigenvalue weighted by Gasteiger charge is -2.16. The topological polar surface area (TPSA) is 33.4 Å². The Labute approximate surface area is 88.2 Å². The van der Waals surface area contributed by atoms with Gasteiger partial charge in [-0.15, -0.1) is 0 Å². The van der Waals surface area contributed by atoms with Crippen LogP contribution in [-0.4, -0.2) is 5.11 Å². The summed E-state index contributed by atoms with van der Waals surface area (Å²) in [6.45, 7) is 0. The molecule has 76 valence electrons. The van der Waals surface area contributed by atoms with Gasteiger partial charge in [-0.25, -0.2) is 0 Å². The Morgan fingerprint density at radius 2 is 2.21 bits per heavy atom. The highest BCUT2D eigenvalue weighted by Crippen LogP contribution is 2.31. The molecule has 1 aliphatic carbocycles. The number of halogens is 1. The fourth-order valence-corrected chi connectivity index (χ4v) is 1.92. The minimum Gasteiger partial charge on any atom is -0.447 e. The zero-order chi connectivity index (χ0) is 9.97. The van der Waals surface area contributed by atoms with Crippen LogP contribution < -0.4 is 0 Å². The highest BCUT2D eigenvalue weighted by atomic mass is 35.5. The predicted molar refractivity (Wildman–Crippen MR) is 55.2 cm³/mol. The average Bonchev–Trinajstić information content (AvgIpc) is 2.65. The Morgan fingerprint density at radius 3 is 2.79 bits per heavy atom. The molecule has 0 saturated carbocycles. The van der Waals surface area contributed by atoms with Gasteiger partial charge in [-0.2, -0.15) is 0 Å². The number of allylic oxidation sites excluding steroid dienone is 1. The second-order valence-corrected chi connectivity index (χ2v) is 3.94. The smallest absolute Gasteiger partial charge is 0.193 e. The van der Waals surface area contributed by atoms with E-state index in [1.165, 1.54) is 6.42 Å². The predicted octanol–water partition coefficient (Wildman–Crippen LogP) is 3.47. The van der Waals surface area contributed by atoms with Crippen LogP contribution in [0.1, 0.15) is 37.5 Å². The van der Waals surface area contributed by atoms with Crippen LogP contribution in [0.3, 0.4) is 0 Å². The van der Waals surface area contributed by atoms with Gasteiger partial charge in [0.05, 0.1) is 0 Å². The monoisotopic (exact) mass is 212 g/mol. The summed E-state index contributed by atoms with van der Waals surface area (Å²) in [7, 11) is 0. The molecule has 1 heterocycles. The van der Waals surface area contributed by atoms with E-state index in [-0.39, 0.29) is 0 Å². The highest BCUT2D eigenvalue weighted by molar-refractivity contribution is 6.28. The molecule has 1 aromatic rings. The third-order valence-electron chi connectivity index (χ3n) is 2.54. The zero-order valence-electron chi connectivity index (χ0n) is 7.87. The molecule has 0 bridgehead atoms. The Hall–Kier alpha value is -0.730. The summed E-state index contributed by atoms with van der Waals surface area (Å²) in [4.78, 5) is 0. The standard InChI is InChI=1S/C11H13ClO2/c12-10-7-6-9(14-10)11(13)8-4-2-1-3-5-8/h4,6-7,11,13H,1-3,5H2. The Balaban J connectivity index is 2.14. The lowest BCUT2D eigenvalue weighted by molar-refractivity contribution is 0.179. The van der Waals surface area contributed by atoms with Gasteiger partial charge < -0.3 is 9.52 Å². The van der Waals surface area contributed by atoms with Crippen molar-refractivity contribution in [3.63, 3.8) is 0 Å². The van der Waals surface area contributed by atoms with Crippen molar-refractivity contribution < 1.29 is 9.52 Å². The third-order valence-corrected chi connectivity index (χ3v) is 2.74. The maximum Gasteiger partial charge on any atom is 0.193 e. The molecule has 1 unspecified atom stereocenters. The van der Waals surface area contributed by atoms with Crippen LogP contribution in [0, 0.1) is 0 Å². The minimum atomic E-state index is -0.609. The van der Waals surface area contributed by atoms with E-state index in [1.54, 1.807) is 12.1 Å². The molecule has 1 aromatic heterocycles. The molecule has 14 heavy (non-hydrogen) atoms. The van der Waals surface area contributed by atoms with E-state index in [1.807, 2.05) is 0 Å². The number of rotatable bonds is 2. The van der Waals surface area contributed by atoms with Gasteiger partial charge in [-0.05, 0) is 55.0 Å². The molecule has 1 atom stereocenters. The van der Waals surface area contributed by atoms with Gasteiger partial charge in [0.2, 0.25) is 0 Å². The van der Waals surface area contributed by atoms with E-state index < -0.39 is 6.10 Å². The lowest BCUT2D eigenvalue weighted by atomic mass is 9.94. The number of hydrogen-bond donors (Lipinski definition) is 1. The summed E-state index contributed by atoms with van der Waals surface area (Å²) >= 11 is 5.65. The summed E-state index contributed by atoms with van der Waals surface area (Å²) in [6, 6.07) is 3.38. The molecule has 0 saturated heterocycles. The fourth-order valence-electron chi connectivity index (χ4n) is 1.77. The second kappa shape index (κ2) is 4.20. The molecular formula is C11H13ClO2. The zero-order valence-corrected chi connectivity index (χ0v) is 8.63. The molecule has 1 aliphatic rings. The Kier molecular flexibility index (Phi) is 2.94. The van der Waals surface area contributed by atoms with Crippen molar-refractivity contribution in [3.8, 4) is 0 Å². The highest BCUT2D eigenvalue weighted by Gasteiger charge is 2.18.